The fourth-order valence-corrected chi connectivity index (χ4v) is 6.58. The maximum Gasteiger partial charge on any atom is 0.280 e. The molecule has 1 saturated heterocycles. The minimum absolute atomic E-state index is 0.0669. The van der Waals surface area contributed by atoms with Gasteiger partial charge in [0.15, 0.2) is 27.8 Å². The topological polar surface area (TPSA) is 124 Å². The van der Waals surface area contributed by atoms with Crippen LogP contribution in [0.15, 0.2) is 31.0 Å². The molecule has 3 atom stereocenters. The minimum atomic E-state index is -2.08. The lowest BCUT2D eigenvalue weighted by Gasteiger charge is -2.40. The average molecular weight is 599 g/mol. The second-order valence-corrected chi connectivity index (χ2v) is 23.3. The van der Waals surface area contributed by atoms with Gasteiger partial charge in [0, 0.05) is 12.6 Å². The molecule has 4 aromatic rings. The van der Waals surface area contributed by atoms with Gasteiger partial charge in [-0.25, -0.2) is 15.0 Å². The van der Waals surface area contributed by atoms with Gasteiger partial charge >= 0.3 is 0 Å². The van der Waals surface area contributed by atoms with Crippen molar-refractivity contribution in [2.24, 2.45) is 0 Å². The van der Waals surface area contributed by atoms with Gasteiger partial charge in [-0.05, 0) is 53.6 Å². The SMILES string of the molecule is CC(C)(C)[Si](C)(C)OC[C@H]1O[C@@H](n2cnc3c(On4nnc5cccnc54)ncnc32)C[C@@H]1O[Si](C)(C)C(C)(C)C. The first kappa shape index (κ1) is 29.7. The summed E-state index contributed by atoms with van der Waals surface area (Å²) in [6.07, 6.45) is 4.80. The number of aromatic nitrogens is 8. The van der Waals surface area contributed by atoms with Gasteiger partial charge in [0.25, 0.3) is 5.88 Å². The van der Waals surface area contributed by atoms with E-state index in [2.05, 4.69) is 98.0 Å². The van der Waals surface area contributed by atoms with Crippen molar-refractivity contribution in [3.05, 3.63) is 31.0 Å². The Kier molecular flexibility index (Phi) is 7.60. The highest BCUT2D eigenvalue weighted by atomic mass is 28.4. The Hall–Kier alpha value is -2.79. The number of imidazole rings is 1. The number of nitrogens with zero attached hydrogens (tertiary/aromatic N) is 8. The molecule has 41 heavy (non-hydrogen) atoms. The number of rotatable bonds is 8. The van der Waals surface area contributed by atoms with E-state index in [4.69, 9.17) is 18.4 Å². The smallest absolute Gasteiger partial charge is 0.280 e. The zero-order chi connectivity index (χ0) is 29.8. The normalized spacial score (nSPS) is 20.8. The molecule has 0 amide bonds. The van der Waals surface area contributed by atoms with Crippen molar-refractivity contribution in [1.29, 1.82) is 0 Å². The Labute approximate surface area is 243 Å². The van der Waals surface area contributed by atoms with Crippen molar-refractivity contribution in [3.63, 3.8) is 0 Å². The van der Waals surface area contributed by atoms with Gasteiger partial charge in [-0.2, -0.15) is 4.98 Å². The molecule has 0 N–H and O–H groups in total. The van der Waals surface area contributed by atoms with Crippen LogP contribution in [0.5, 0.6) is 5.88 Å². The van der Waals surface area contributed by atoms with Gasteiger partial charge in [0.05, 0.1) is 19.0 Å². The van der Waals surface area contributed by atoms with Crippen LogP contribution in [0.3, 0.4) is 0 Å². The van der Waals surface area contributed by atoms with E-state index < -0.39 is 16.6 Å². The van der Waals surface area contributed by atoms with Crippen molar-refractivity contribution in [2.45, 2.75) is 103 Å². The molecule has 1 aliphatic rings. The largest absolute Gasteiger partial charge is 0.414 e. The summed E-state index contributed by atoms with van der Waals surface area (Å²) in [5.41, 5.74) is 2.17. The van der Waals surface area contributed by atoms with Crippen LogP contribution in [0.1, 0.15) is 54.2 Å². The average Bonchev–Trinajstić information content (AvgIpc) is 3.59. The summed E-state index contributed by atoms with van der Waals surface area (Å²) in [4.78, 5) is 24.9. The molecular weight excluding hydrogens is 557 g/mol. The van der Waals surface area contributed by atoms with Crippen molar-refractivity contribution in [1.82, 2.24) is 39.7 Å². The van der Waals surface area contributed by atoms with Crippen LogP contribution in [0.4, 0.5) is 0 Å². The van der Waals surface area contributed by atoms with Gasteiger partial charge < -0.3 is 18.4 Å². The summed E-state index contributed by atoms with van der Waals surface area (Å²) in [6, 6.07) is 3.60. The van der Waals surface area contributed by atoms with Gasteiger partial charge in [-0.3, -0.25) is 4.57 Å². The van der Waals surface area contributed by atoms with Crippen molar-refractivity contribution in [3.8, 4) is 5.88 Å². The highest BCUT2D eigenvalue weighted by Crippen LogP contribution is 2.43. The first-order valence-electron chi connectivity index (χ1n) is 14.1. The van der Waals surface area contributed by atoms with Crippen LogP contribution in [-0.4, -0.2) is 75.1 Å². The van der Waals surface area contributed by atoms with Crippen LogP contribution < -0.4 is 4.84 Å². The minimum Gasteiger partial charge on any atom is -0.414 e. The zero-order valence-corrected chi connectivity index (χ0v) is 27.7. The molecular formula is C27H42N8O4Si2. The zero-order valence-electron chi connectivity index (χ0n) is 25.7. The van der Waals surface area contributed by atoms with E-state index in [1.165, 1.54) is 11.2 Å². The predicted octanol–water partition coefficient (Wildman–Crippen LogP) is 5.51. The van der Waals surface area contributed by atoms with Gasteiger partial charge in [0.1, 0.15) is 24.2 Å². The Balaban J connectivity index is 1.42. The lowest BCUT2D eigenvalue weighted by Crippen LogP contribution is -2.48. The highest BCUT2D eigenvalue weighted by Gasteiger charge is 2.47. The molecule has 0 radical (unpaired) electrons. The molecule has 0 bridgehead atoms. The molecule has 222 valence electrons. The van der Waals surface area contributed by atoms with Gasteiger partial charge in [0.2, 0.25) is 5.65 Å². The maximum absolute atomic E-state index is 6.93. The Morgan fingerprint density at radius 1 is 0.951 bits per heavy atom. The monoisotopic (exact) mass is 598 g/mol. The maximum atomic E-state index is 6.93. The molecule has 0 aromatic carbocycles. The van der Waals surface area contributed by atoms with E-state index in [0.29, 0.717) is 35.4 Å². The molecule has 0 spiro atoms. The lowest BCUT2D eigenvalue weighted by molar-refractivity contribution is -0.0383. The Bertz CT molecular complexity index is 1530. The first-order chi connectivity index (χ1) is 19.1. The molecule has 14 heteroatoms. The summed E-state index contributed by atoms with van der Waals surface area (Å²) in [6.45, 7) is 23.1. The molecule has 5 rings (SSSR count). The molecule has 1 fully saturated rings. The molecule has 0 aliphatic carbocycles. The summed E-state index contributed by atoms with van der Waals surface area (Å²) >= 11 is 0. The van der Waals surface area contributed by atoms with Crippen LogP contribution in [0.25, 0.3) is 22.3 Å². The molecule has 0 saturated carbocycles. The third-order valence-corrected chi connectivity index (χ3v) is 17.8. The van der Waals surface area contributed by atoms with Crippen molar-refractivity contribution < 1.29 is 18.4 Å². The number of hydrogen-bond donors (Lipinski definition) is 0. The van der Waals surface area contributed by atoms with E-state index >= 15 is 0 Å². The number of ether oxygens (including phenoxy) is 1. The van der Waals surface area contributed by atoms with Gasteiger partial charge in [-0.1, -0.05) is 46.4 Å². The summed E-state index contributed by atoms with van der Waals surface area (Å²) in [7, 11) is -4.06. The quantitative estimate of drug-likeness (QED) is 0.240. The van der Waals surface area contributed by atoms with E-state index in [9.17, 15) is 0 Å². The number of pyridine rings is 1. The standard InChI is InChI=1S/C27H42N8O4Si2/c1-26(2,3)40(7,8)36-15-20-19(39-41(9,10)27(4,5)6)14-21(37-20)34-17-31-22-24(34)29-16-30-25(22)38-35-23-18(32-33-35)12-11-13-28-23/h11-13,16-17,19-21H,14-15H2,1-10H3/t19-,20+,21+/m0/s1. The predicted molar refractivity (Wildman–Crippen MR) is 160 cm³/mol. The number of fused-ring (bicyclic) bond motifs is 2. The fraction of sp³-hybridized carbons (Fsp3) is 0.630. The van der Waals surface area contributed by atoms with E-state index in [1.807, 2.05) is 10.6 Å². The van der Waals surface area contributed by atoms with Crippen molar-refractivity contribution >= 4 is 39.0 Å². The van der Waals surface area contributed by atoms with Gasteiger partial charge in [-0.15, -0.1) is 5.10 Å². The Morgan fingerprint density at radius 2 is 1.68 bits per heavy atom. The van der Waals surface area contributed by atoms with E-state index in [0.717, 1.165) is 0 Å². The van der Waals surface area contributed by atoms with E-state index in [1.54, 1.807) is 18.6 Å². The van der Waals surface area contributed by atoms with Crippen molar-refractivity contribution in [2.75, 3.05) is 6.61 Å². The summed E-state index contributed by atoms with van der Waals surface area (Å²) in [5, 5.41) is 8.31. The summed E-state index contributed by atoms with van der Waals surface area (Å²) < 4.78 is 22.2. The second kappa shape index (κ2) is 10.5. The second-order valence-electron chi connectivity index (χ2n) is 13.8. The third kappa shape index (κ3) is 5.80. The molecule has 5 heterocycles. The molecule has 4 aromatic heterocycles. The van der Waals surface area contributed by atoms with E-state index in [-0.39, 0.29) is 34.4 Å². The van der Waals surface area contributed by atoms with Crippen LogP contribution >= 0.6 is 0 Å². The molecule has 1 aliphatic heterocycles. The van der Waals surface area contributed by atoms with Crippen LogP contribution in [0.2, 0.25) is 36.3 Å². The number of hydrogen-bond acceptors (Lipinski definition) is 10. The lowest BCUT2D eigenvalue weighted by atomic mass is 10.2. The molecule has 0 unspecified atom stereocenters. The Morgan fingerprint density at radius 3 is 2.39 bits per heavy atom. The molecule has 12 nitrogen and oxygen atoms in total. The highest BCUT2D eigenvalue weighted by molar-refractivity contribution is 6.74. The third-order valence-electron chi connectivity index (χ3n) is 8.84. The first-order valence-corrected chi connectivity index (χ1v) is 19.9. The fourth-order valence-electron chi connectivity index (χ4n) is 4.20. The van der Waals surface area contributed by atoms with Crippen LogP contribution in [-0.2, 0) is 13.6 Å². The van der Waals surface area contributed by atoms with Crippen LogP contribution in [0, 0.1) is 0 Å². The summed E-state index contributed by atoms with van der Waals surface area (Å²) in [5.74, 6) is 0.246.